The zero-order chi connectivity index (χ0) is 22.1. The van der Waals surface area contributed by atoms with Crippen LogP contribution in [0.25, 0.3) is 0 Å². The van der Waals surface area contributed by atoms with E-state index in [9.17, 15) is 9.59 Å². The van der Waals surface area contributed by atoms with E-state index >= 15 is 0 Å². The van der Waals surface area contributed by atoms with Crippen molar-refractivity contribution in [2.24, 2.45) is 0 Å². The SMILES string of the molecule is CCN(CC(=O)Nc1ccc2c(c1)OCCO2)CC(=O)N(CCC#N)c1ccccc1. The number of anilines is 2. The molecule has 0 saturated heterocycles. The summed E-state index contributed by atoms with van der Waals surface area (Å²) in [6.07, 6.45) is 0.233. The van der Waals surface area contributed by atoms with Crippen molar-refractivity contribution in [3.8, 4) is 17.6 Å². The summed E-state index contributed by atoms with van der Waals surface area (Å²) in [5.41, 5.74) is 1.34. The third kappa shape index (κ3) is 6.20. The number of likely N-dealkylation sites (N-methyl/N-ethyl adjacent to an activating group) is 1. The van der Waals surface area contributed by atoms with E-state index in [4.69, 9.17) is 14.7 Å². The third-order valence-corrected chi connectivity index (χ3v) is 4.82. The summed E-state index contributed by atoms with van der Waals surface area (Å²) in [5, 5.41) is 11.8. The van der Waals surface area contributed by atoms with Crippen LogP contribution in [0.5, 0.6) is 11.5 Å². The van der Waals surface area contributed by atoms with Crippen LogP contribution in [0.4, 0.5) is 11.4 Å². The number of nitriles is 1. The van der Waals surface area contributed by atoms with E-state index in [1.165, 1.54) is 0 Å². The molecule has 1 heterocycles. The van der Waals surface area contributed by atoms with Crippen LogP contribution in [0, 0.1) is 11.3 Å². The van der Waals surface area contributed by atoms with Crippen molar-refractivity contribution < 1.29 is 19.1 Å². The van der Waals surface area contributed by atoms with Gasteiger partial charge in [0.1, 0.15) is 13.2 Å². The predicted molar refractivity (Wildman–Crippen MR) is 117 cm³/mol. The van der Waals surface area contributed by atoms with Gasteiger partial charge in [0.05, 0.1) is 25.6 Å². The maximum Gasteiger partial charge on any atom is 0.241 e. The number of carbonyl (C=O) groups is 2. The molecule has 1 aliphatic rings. The molecule has 8 nitrogen and oxygen atoms in total. The molecule has 0 atom stereocenters. The van der Waals surface area contributed by atoms with E-state index < -0.39 is 0 Å². The fraction of sp³-hybridized carbons (Fsp3) is 0.348. The number of hydrogen-bond donors (Lipinski definition) is 1. The highest BCUT2D eigenvalue weighted by Gasteiger charge is 2.20. The maximum absolute atomic E-state index is 12.9. The Balaban J connectivity index is 1.60. The van der Waals surface area contributed by atoms with Gasteiger partial charge in [-0.1, -0.05) is 25.1 Å². The number of para-hydroxylation sites is 1. The smallest absolute Gasteiger partial charge is 0.241 e. The minimum atomic E-state index is -0.227. The van der Waals surface area contributed by atoms with Crippen LogP contribution in [-0.4, -0.2) is 56.1 Å². The fourth-order valence-corrected chi connectivity index (χ4v) is 3.25. The lowest BCUT2D eigenvalue weighted by Gasteiger charge is -2.26. The number of nitrogens with one attached hydrogen (secondary N) is 1. The second-order valence-electron chi connectivity index (χ2n) is 7.00. The van der Waals surface area contributed by atoms with Crippen LogP contribution >= 0.6 is 0 Å². The van der Waals surface area contributed by atoms with Gasteiger partial charge in [-0.25, -0.2) is 0 Å². The van der Waals surface area contributed by atoms with E-state index in [1.807, 2.05) is 37.3 Å². The maximum atomic E-state index is 12.9. The number of fused-ring (bicyclic) bond motifs is 1. The Morgan fingerprint density at radius 2 is 1.81 bits per heavy atom. The second kappa shape index (κ2) is 11.0. The Kier molecular flexibility index (Phi) is 7.85. The molecule has 0 aromatic heterocycles. The minimum absolute atomic E-state index is 0.0670. The van der Waals surface area contributed by atoms with Gasteiger partial charge < -0.3 is 19.7 Å². The van der Waals surface area contributed by atoms with Crippen molar-refractivity contribution in [2.45, 2.75) is 13.3 Å². The molecule has 0 aliphatic carbocycles. The van der Waals surface area contributed by atoms with Crippen LogP contribution < -0.4 is 19.7 Å². The quantitative estimate of drug-likeness (QED) is 0.668. The molecule has 0 fully saturated rings. The lowest BCUT2D eigenvalue weighted by molar-refractivity contribution is -0.121. The van der Waals surface area contributed by atoms with Gasteiger partial charge in [-0.3, -0.25) is 14.5 Å². The van der Waals surface area contributed by atoms with Gasteiger partial charge in [-0.15, -0.1) is 0 Å². The lowest BCUT2D eigenvalue weighted by atomic mass is 10.2. The summed E-state index contributed by atoms with van der Waals surface area (Å²) in [4.78, 5) is 28.8. The molecule has 2 aromatic rings. The topological polar surface area (TPSA) is 94.9 Å². The van der Waals surface area contributed by atoms with Crippen LogP contribution in [-0.2, 0) is 9.59 Å². The van der Waals surface area contributed by atoms with Crippen LogP contribution in [0.3, 0.4) is 0 Å². The van der Waals surface area contributed by atoms with Crippen molar-refractivity contribution in [1.82, 2.24) is 4.90 Å². The summed E-state index contributed by atoms with van der Waals surface area (Å²) >= 11 is 0. The molecule has 162 valence electrons. The van der Waals surface area contributed by atoms with Crippen LogP contribution in [0.15, 0.2) is 48.5 Å². The number of nitrogens with zero attached hydrogens (tertiary/aromatic N) is 3. The summed E-state index contributed by atoms with van der Waals surface area (Å²) in [6.45, 7) is 3.85. The summed E-state index contributed by atoms with van der Waals surface area (Å²) < 4.78 is 11.0. The van der Waals surface area contributed by atoms with E-state index in [0.29, 0.717) is 43.5 Å². The summed E-state index contributed by atoms with van der Waals surface area (Å²) in [7, 11) is 0. The number of hydrogen-bond acceptors (Lipinski definition) is 6. The third-order valence-electron chi connectivity index (χ3n) is 4.82. The van der Waals surface area contributed by atoms with E-state index in [2.05, 4.69) is 11.4 Å². The molecular weight excluding hydrogens is 396 g/mol. The highest BCUT2D eigenvalue weighted by atomic mass is 16.6. The van der Waals surface area contributed by atoms with Gasteiger partial charge >= 0.3 is 0 Å². The first-order chi connectivity index (χ1) is 15.1. The van der Waals surface area contributed by atoms with Gasteiger partial charge in [0.2, 0.25) is 11.8 Å². The van der Waals surface area contributed by atoms with E-state index in [1.54, 1.807) is 28.0 Å². The number of carbonyl (C=O) groups excluding carboxylic acids is 2. The van der Waals surface area contributed by atoms with Crippen molar-refractivity contribution >= 4 is 23.2 Å². The Bertz CT molecular complexity index is 942. The number of rotatable bonds is 9. The molecule has 3 rings (SSSR count). The molecule has 0 spiro atoms. The van der Waals surface area contributed by atoms with Gasteiger partial charge in [-0.2, -0.15) is 5.26 Å². The zero-order valence-electron chi connectivity index (χ0n) is 17.5. The predicted octanol–water partition coefficient (Wildman–Crippen LogP) is 2.67. The Morgan fingerprint density at radius 3 is 2.52 bits per heavy atom. The molecule has 0 unspecified atom stereocenters. The number of ether oxygens (including phenoxy) is 2. The molecule has 1 aliphatic heterocycles. The number of amides is 2. The molecule has 0 bridgehead atoms. The largest absolute Gasteiger partial charge is 0.486 e. The Hall–Kier alpha value is -3.57. The summed E-state index contributed by atoms with van der Waals surface area (Å²) in [5.74, 6) is 0.871. The molecule has 0 radical (unpaired) electrons. The van der Waals surface area contributed by atoms with Crippen molar-refractivity contribution in [3.05, 3.63) is 48.5 Å². The highest BCUT2D eigenvalue weighted by molar-refractivity contribution is 5.96. The van der Waals surface area contributed by atoms with Crippen molar-refractivity contribution in [2.75, 3.05) is 49.6 Å². The Labute approximate surface area is 182 Å². The van der Waals surface area contributed by atoms with Crippen LogP contribution in [0.1, 0.15) is 13.3 Å². The van der Waals surface area contributed by atoms with Crippen molar-refractivity contribution in [1.29, 1.82) is 5.26 Å². The first kappa shape index (κ1) is 22.1. The van der Waals surface area contributed by atoms with Crippen LogP contribution in [0.2, 0.25) is 0 Å². The monoisotopic (exact) mass is 422 g/mol. The summed E-state index contributed by atoms with van der Waals surface area (Å²) in [6, 6.07) is 16.6. The van der Waals surface area contributed by atoms with Gasteiger partial charge in [0, 0.05) is 24.0 Å². The van der Waals surface area contributed by atoms with Crippen molar-refractivity contribution in [3.63, 3.8) is 0 Å². The molecule has 1 N–H and O–H groups in total. The Morgan fingerprint density at radius 1 is 1.06 bits per heavy atom. The highest BCUT2D eigenvalue weighted by Crippen LogP contribution is 2.32. The molecular formula is C23H26N4O4. The van der Waals surface area contributed by atoms with Gasteiger partial charge in [0.15, 0.2) is 11.5 Å². The first-order valence-electron chi connectivity index (χ1n) is 10.2. The average molecular weight is 422 g/mol. The minimum Gasteiger partial charge on any atom is -0.486 e. The van der Waals surface area contributed by atoms with Gasteiger partial charge in [-0.05, 0) is 30.8 Å². The first-order valence-corrected chi connectivity index (χ1v) is 10.2. The number of benzene rings is 2. The van der Waals surface area contributed by atoms with E-state index in [-0.39, 0.29) is 31.3 Å². The molecule has 31 heavy (non-hydrogen) atoms. The zero-order valence-corrected chi connectivity index (χ0v) is 17.5. The van der Waals surface area contributed by atoms with Gasteiger partial charge in [0.25, 0.3) is 0 Å². The second-order valence-corrected chi connectivity index (χ2v) is 7.00. The molecule has 2 aromatic carbocycles. The molecule has 0 saturated carbocycles. The fourth-order valence-electron chi connectivity index (χ4n) is 3.25. The van der Waals surface area contributed by atoms with E-state index in [0.717, 1.165) is 5.69 Å². The molecule has 8 heteroatoms. The lowest BCUT2D eigenvalue weighted by Crippen LogP contribution is -2.43. The normalized spacial score (nSPS) is 12.2. The molecule has 2 amide bonds. The standard InChI is InChI=1S/C23H26N4O4/c1-2-26(17-23(29)27(12-6-11-24)19-7-4-3-5-8-19)16-22(28)25-18-9-10-20-21(15-18)31-14-13-30-20/h3-5,7-10,15H,2,6,12-14,16-17H2,1H3,(H,25,28). The average Bonchev–Trinajstić information content (AvgIpc) is 2.79.